The molecule has 0 heterocycles. The average molecular weight is 394 g/mol. The van der Waals surface area contributed by atoms with Crippen LogP contribution in [0.5, 0.6) is 0 Å². The molecule has 0 saturated heterocycles. The van der Waals surface area contributed by atoms with Crippen LogP contribution in [0.4, 0.5) is 0 Å². The van der Waals surface area contributed by atoms with Crippen LogP contribution in [0.3, 0.4) is 0 Å². The van der Waals surface area contributed by atoms with Crippen molar-refractivity contribution in [1.29, 1.82) is 0 Å². The standard InChI is InChI=1S/C25H31NO3/c1-3-4-17-29-24(28)25(19(2)27)16-15-22(18-25)26-23(20-11-7-5-8-12-20)21-13-9-6-10-14-21/h5-14,19,22,27H,3-4,15-18H2,1-2H3/t19?,22-,25+/m1/s1. The molecular formula is C25H31NO3. The molecule has 1 fully saturated rings. The second-order valence-electron chi connectivity index (χ2n) is 7.93. The summed E-state index contributed by atoms with van der Waals surface area (Å²) in [7, 11) is 0. The minimum atomic E-state index is -0.861. The zero-order valence-corrected chi connectivity index (χ0v) is 17.4. The number of carbonyl (C=O) groups excluding carboxylic acids is 1. The topological polar surface area (TPSA) is 58.9 Å². The number of benzene rings is 2. The minimum Gasteiger partial charge on any atom is -0.465 e. The number of hydrogen-bond donors (Lipinski definition) is 1. The Kier molecular flexibility index (Phi) is 7.21. The molecule has 0 aromatic heterocycles. The number of ether oxygens (including phenoxy) is 1. The molecule has 2 aromatic rings. The quantitative estimate of drug-likeness (QED) is 0.399. The van der Waals surface area contributed by atoms with Crippen molar-refractivity contribution >= 4 is 11.7 Å². The number of aliphatic imine (C=N–C) groups is 1. The van der Waals surface area contributed by atoms with Gasteiger partial charge in [-0.3, -0.25) is 9.79 Å². The number of esters is 1. The molecule has 0 amide bonds. The van der Waals surface area contributed by atoms with E-state index in [4.69, 9.17) is 9.73 Å². The van der Waals surface area contributed by atoms with Crippen molar-refractivity contribution in [1.82, 2.24) is 0 Å². The van der Waals surface area contributed by atoms with Crippen LogP contribution in [-0.2, 0) is 9.53 Å². The largest absolute Gasteiger partial charge is 0.465 e. The zero-order valence-electron chi connectivity index (χ0n) is 17.4. The van der Waals surface area contributed by atoms with Crippen LogP contribution in [0.25, 0.3) is 0 Å². The number of aliphatic hydroxyl groups excluding tert-OH is 1. The van der Waals surface area contributed by atoms with Gasteiger partial charge in [0, 0.05) is 11.1 Å². The van der Waals surface area contributed by atoms with Crippen molar-refractivity contribution < 1.29 is 14.6 Å². The summed E-state index contributed by atoms with van der Waals surface area (Å²) in [6, 6.07) is 20.2. The fraction of sp³-hybridized carbons (Fsp3) is 0.440. The van der Waals surface area contributed by atoms with E-state index in [0.29, 0.717) is 19.4 Å². The molecule has 2 aromatic carbocycles. The summed E-state index contributed by atoms with van der Waals surface area (Å²) in [5.41, 5.74) is 2.18. The molecule has 0 aliphatic heterocycles. The van der Waals surface area contributed by atoms with Gasteiger partial charge in [-0.15, -0.1) is 0 Å². The van der Waals surface area contributed by atoms with E-state index < -0.39 is 11.5 Å². The van der Waals surface area contributed by atoms with Crippen molar-refractivity contribution in [2.24, 2.45) is 10.4 Å². The van der Waals surface area contributed by atoms with Gasteiger partial charge in [0.15, 0.2) is 0 Å². The molecule has 3 atom stereocenters. The molecule has 4 nitrogen and oxygen atoms in total. The summed E-state index contributed by atoms with van der Waals surface area (Å²) >= 11 is 0. The van der Waals surface area contributed by atoms with E-state index in [2.05, 4.69) is 31.2 Å². The van der Waals surface area contributed by atoms with Crippen LogP contribution in [0.1, 0.15) is 57.1 Å². The van der Waals surface area contributed by atoms with Crippen LogP contribution in [0, 0.1) is 5.41 Å². The lowest BCUT2D eigenvalue weighted by Gasteiger charge is -2.29. The van der Waals surface area contributed by atoms with Gasteiger partial charge in [0.1, 0.15) is 0 Å². The van der Waals surface area contributed by atoms with Crippen LogP contribution in [0.15, 0.2) is 65.7 Å². The van der Waals surface area contributed by atoms with Crippen LogP contribution in [0.2, 0.25) is 0 Å². The molecule has 1 N–H and O–H groups in total. The lowest BCUT2D eigenvalue weighted by Crippen LogP contribution is -2.40. The van der Waals surface area contributed by atoms with Gasteiger partial charge in [-0.25, -0.2) is 0 Å². The summed E-state index contributed by atoms with van der Waals surface area (Å²) in [5.74, 6) is -0.278. The predicted molar refractivity (Wildman–Crippen MR) is 116 cm³/mol. The van der Waals surface area contributed by atoms with E-state index in [0.717, 1.165) is 36.1 Å². The third-order valence-corrected chi connectivity index (χ3v) is 5.87. The minimum absolute atomic E-state index is 0.0289. The highest BCUT2D eigenvalue weighted by Crippen LogP contribution is 2.44. The summed E-state index contributed by atoms with van der Waals surface area (Å²) in [6.07, 6.45) is 2.93. The SMILES string of the molecule is CCCCOC(=O)[C@@]1(C(C)O)CC[C@@H](N=C(c2ccccc2)c2ccccc2)C1. The number of aliphatic hydroxyl groups is 1. The van der Waals surface area contributed by atoms with E-state index in [1.807, 2.05) is 36.4 Å². The van der Waals surface area contributed by atoms with Crippen LogP contribution in [-0.4, -0.2) is 35.5 Å². The monoisotopic (exact) mass is 393 g/mol. The van der Waals surface area contributed by atoms with Crippen molar-refractivity contribution in [3.8, 4) is 0 Å². The molecule has 0 radical (unpaired) electrons. The first-order valence-electron chi connectivity index (χ1n) is 10.6. The smallest absolute Gasteiger partial charge is 0.314 e. The highest BCUT2D eigenvalue weighted by atomic mass is 16.5. The number of carbonyl (C=O) groups is 1. The molecule has 1 aliphatic carbocycles. The molecule has 1 unspecified atom stereocenters. The average Bonchev–Trinajstić information content (AvgIpc) is 3.19. The molecule has 1 saturated carbocycles. The predicted octanol–water partition coefficient (Wildman–Crippen LogP) is 4.79. The van der Waals surface area contributed by atoms with Gasteiger partial charge in [-0.1, -0.05) is 74.0 Å². The summed E-state index contributed by atoms with van der Waals surface area (Å²) in [6.45, 7) is 4.17. The normalized spacial score (nSPS) is 22.1. The molecule has 0 spiro atoms. The Morgan fingerprint density at radius 1 is 1.14 bits per heavy atom. The molecule has 154 valence electrons. The van der Waals surface area contributed by atoms with E-state index in [1.54, 1.807) is 6.92 Å². The molecular weight excluding hydrogens is 362 g/mol. The van der Waals surface area contributed by atoms with Gasteiger partial charge >= 0.3 is 5.97 Å². The lowest BCUT2D eigenvalue weighted by molar-refractivity contribution is -0.162. The molecule has 29 heavy (non-hydrogen) atoms. The maximum absolute atomic E-state index is 12.8. The van der Waals surface area contributed by atoms with Gasteiger partial charge in [-0.2, -0.15) is 0 Å². The maximum Gasteiger partial charge on any atom is 0.314 e. The van der Waals surface area contributed by atoms with E-state index in [1.165, 1.54) is 0 Å². The van der Waals surface area contributed by atoms with Crippen molar-refractivity contribution in [3.05, 3.63) is 71.8 Å². The number of nitrogens with zero attached hydrogens (tertiary/aromatic N) is 1. The second kappa shape index (κ2) is 9.84. The first-order valence-corrected chi connectivity index (χ1v) is 10.6. The Labute approximate surface area is 173 Å². The zero-order chi connectivity index (χ0) is 20.7. The van der Waals surface area contributed by atoms with Crippen molar-refractivity contribution in [2.45, 2.75) is 58.1 Å². The third kappa shape index (κ3) is 4.94. The van der Waals surface area contributed by atoms with Crippen LogP contribution >= 0.6 is 0 Å². The highest BCUT2D eigenvalue weighted by Gasteiger charge is 2.50. The van der Waals surface area contributed by atoms with Gasteiger partial charge in [0.2, 0.25) is 0 Å². The van der Waals surface area contributed by atoms with Crippen molar-refractivity contribution in [3.63, 3.8) is 0 Å². The summed E-state index contributed by atoms with van der Waals surface area (Å²) in [5, 5.41) is 10.5. The number of rotatable bonds is 8. The summed E-state index contributed by atoms with van der Waals surface area (Å²) in [4.78, 5) is 17.9. The fourth-order valence-corrected chi connectivity index (χ4v) is 4.04. The fourth-order valence-electron chi connectivity index (χ4n) is 4.04. The lowest BCUT2D eigenvalue weighted by atomic mass is 9.81. The van der Waals surface area contributed by atoms with Gasteiger partial charge in [0.05, 0.1) is 29.9 Å². The van der Waals surface area contributed by atoms with E-state index in [9.17, 15) is 9.90 Å². The molecule has 1 aliphatic rings. The van der Waals surface area contributed by atoms with Gasteiger partial charge < -0.3 is 9.84 Å². The Hall–Kier alpha value is -2.46. The molecule has 3 rings (SSSR count). The molecule has 0 bridgehead atoms. The Morgan fingerprint density at radius 2 is 1.72 bits per heavy atom. The number of hydrogen-bond acceptors (Lipinski definition) is 4. The first-order chi connectivity index (χ1) is 14.1. The number of unbranched alkanes of at least 4 members (excludes halogenated alkanes) is 1. The van der Waals surface area contributed by atoms with E-state index >= 15 is 0 Å². The van der Waals surface area contributed by atoms with Crippen LogP contribution < -0.4 is 0 Å². The van der Waals surface area contributed by atoms with Crippen molar-refractivity contribution in [2.75, 3.05) is 6.61 Å². The first kappa shape index (κ1) is 21.3. The van der Waals surface area contributed by atoms with E-state index in [-0.39, 0.29) is 12.0 Å². The Bertz CT molecular complexity index is 775. The maximum atomic E-state index is 12.8. The second-order valence-corrected chi connectivity index (χ2v) is 7.93. The third-order valence-electron chi connectivity index (χ3n) is 5.87. The van der Waals surface area contributed by atoms with Gasteiger partial charge in [0.25, 0.3) is 0 Å². The Balaban J connectivity index is 1.87. The molecule has 4 heteroatoms. The summed E-state index contributed by atoms with van der Waals surface area (Å²) < 4.78 is 5.51. The Morgan fingerprint density at radius 3 is 2.24 bits per heavy atom. The van der Waals surface area contributed by atoms with Gasteiger partial charge in [-0.05, 0) is 32.6 Å². The highest BCUT2D eigenvalue weighted by molar-refractivity contribution is 6.13.